The van der Waals surface area contributed by atoms with Crippen LogP contribution in [0.25, 0.3) is 39.5 Å². The van der Waals surface area contributed by atoms with Crippen molar-refractivity contribution >= 4 is 5.78 Å². The second-order valence-corrected chi connectivity index (χ2v) is 7.28. The van der Waals surface area contributed by atoms with E-state index >= 15 is 0 Å². The van der Waals surface area contributed by atoms with E-state index in [0.29, 0.717) is 30.6 Å². The Labute approximate surface area is 178 Å². The Hall–Kier alpha value is -4.19. The fourth-order valence-corrected chi connectivity index (χ4v) is 3.78. The molecule has 6 heteroatoms. The van der Waals surface area contributed by atoms with Crippen LogP contribution in [0.3, 0.4) is 0 Å². The lowest BCUT2D eigenvalue weighted by Crippen LogP contribution is -2.15. The molecule has 0 saturated carbocycles. The van der Waals surface area contributed by atoms with Gasteiger partial charge in [0.2, 0.25) is 0 Å². The number of hydrogen-bond acceptors (Lipinski definition) is 5. The first-order valence-electron chi connectivity index (χ1n) is 10.1. The van der Waals surface area contributed by atoms with Gasteiger partial charge in [-0.3, -0.25) is 0 Å². The van der Waals surface area contributed by atoms with Gasteiger partial charge in [0.1, 0.15) is 13.2 Å². The van der Waals surface area contributed by atoms with Crippen LogP contribution in [0, 0.1) is 0 Å². The lowest BCUT2D eigenvalue weighted by Gasteiger charge is -2.18. The third kappa shape index (κ3) is 3.18. The summed E-state index contributed by atoms with van der Waals surface area (Å²) in [5, 5.41) is 4.74. The fourth-order valence-electron chi connectivity index (χ4n) is 3.78. The first kappa shape index (κ1) is 17.7. The summed E-state index contributed by atoms with van der Waals surface area (Å²) in [4.78, 5) is 9.03. The zero-order valence-corrected chi connectivity index (χ0v) is 16.6. The van der Waals surface area contributed by atoms with E-state index in [1.54, 1.807) is 10.7 Å². The second kappa shape index (κ2) is 7.25. The molecule has 2 aromatic heterocycles. The Morgan fingerprint density at radius 3 is 2.23 bits per heavy atom. The van der Waals surface area contributed by atoms with Crippen molar-refractivity contribution in [3.63, 3.8) is 0 Å². The van der Waals surface area contributed by atoms with Gasteiger partial charge in [-0.2, -0.15) is 9.50 Å². The first-order valence-corrected chi connectivity index (χ1v) is 10.1. The molecule has 0 radical (unpaired) electrons. The molecule has 3 aromatic carbocycles. The number of ether oxygens (including phenoxy) is 2. The molecule has 6 rings (SSSR count). The summed E-state index contributed by atoms with van der Waals surface area (Å²) in [6, 6.07) is 26.5. The van der Waals surface area contributed by atoms with E-state index < -0.39 is 0 Å². The Morgan fingerprint density at radius 2 is 1.39 bits per heavy atom. The number of benzene rings is 3. The highest BCUT2D eigenvalue weighted by molar-refractivity contribution is 5.70. The van der Waals surface area contributed by atoms with Crippen LogP contribution in [-0.4, -0.2) is 32.8 Å². The van der Waals surface area contributed by atoms with Crippen molar-refractivity contribution in [1.29, 1.82) is 0 Å². The lowest BCUT2D eigenvalue weighted by atomic mass is 10.0. The predicted octanol–water partition coefficient (Wildman–Crippen LogP) is 4.90. The molecule has 3 heterocycles. The van der Waals surface area contributed by atoms with Crippen LogP contribution in [0.15, 0.2) is 85.1 Å². The molecular weight excluding hydrogens is 388 g/mol. The Balaban J connectivity index is 1.39. The molecule has 31 heavy (non-hydrogen) atoms. The number of aromatic nitrogens is 4. The molecule has 0 aliphatic carbocycles. The number of hydrogen-bond donors (Lipinski definition) is 0. The third-order valence-corrected chi connectivity index (χ3v) is 5.33. The molecule has 0 unspecified atom stereocenters. The minimum Gasteiger partial charge on any atom is -0.486 e. The minimum atomic E-state index is 0.541. The SMILES string of the molecule is c1ccc(-c2ccc(-c3ccnc4nc(-c5ccc6c(c5)OCCO6)nn34)cc2)cc1. The fraction of sp³-hybridized carbons (Fsp3) is 0.0800. The van der Waals surface area contributed by atoms with E-state index in [2.05, 4.69) is 46.4 Å². The highest BCUT2D eigenvalue weighted by Gasteiger charge is 2.16. The summed E-state index contributed by atoms with van der Waals surface area (Å²) >= 11 is 0. The molecule has 0 saturated heterocycles. The first-order chi connectivity index (χ1) is 15.3. The zero-order valence-electron chi connectivity index (χ0n) is 16.6. The standard InChI is InChI=1S/C25H18N4O2/c1-2-4-17(5-3-1)18-6-8-19(9-7-18)21-12-13-26-25-27-24(28-29(21)25)20-10-11-22-23(16-20)31-15-14-30-22/h1-13,16H,14-15H2. The lowest BCUT2D eigenvalue weighted by molar-refractivity contribution is 0.171. The molecule has 0 spiro atoms. The van der Waals surface area contributed by atoms with Gasteiger partial charge in [0, 0.05) is 17.3 Å². The van der Waals surface area contributed by atoms with E-state index in [1.807, 2.05) is 42.5 Å². The molecule has 0 amide bonds. The summed E-state index contributed by atoms with van der Waals surface area (Å²) < 4.78 is 13.1. The van der Waals surface area contributed by atoms with E-state index in [1.165, 1.54) is 11.1 Å². The highest BCUT2D eigenvalue weighted by atomic mass is 16.6. The normalized spacial score (nSPS) is 12.8. The van der Waals surface area contributed by atoms with Crippen LogP contribution >= 0.6 is 0 Å². The minimum absolute atomic E-state index is 0.541. The van der Waals surface area contributed by atoms with Gasteiger partial charge in [0.25, 0.3) is 5.78 Å². The molecular formula is C25H18N4O2. The van der Waals surface area contributed by atoms with Crippen LogP contribution < -0.4 is 9.47 Å². The average Bonchev–Trinajstić information content (AvgIpc) is 3.29. The summed E-state index contributed by atoms with van der Waals surface area (Å²) in [5.41, 5.74) is 5.20. The molecule has 0 bridgehead atoms. The molecule has 0 N–H and O–H groups in total. The van der Waals surface area contributed by atoms with Gasteiger partial charge < -0.3 is 9.47 Å². The van der Waals surface area contributed by atoms with Gasteiger partial charge in [-0.15, -0.1) is 5.10 Å². The van der Waals surface area contributed by atoms with E-state index in [-0.39, 0.29) is 0 Å². The summed E-state index contributed by atoms with van der Waals surface area (Å²) in [6.07, 6.45) is 1.76. The molecule has 150 valence electrons. The van der Waals surface area contributed by atoms with Gasteiger partial charge in [-0.25, -0.2) is 4.98 Å². The van der Waals surface area contributed by atoms with Crippen molar-refractivity contribution in [3.8, 4) is 45.3 Å². The Morgan fingerprint density at radius 1 is 0.677 bits per heavy atom. The van der Waals surface area contributed by atoms with Crippen LogP contribution in [0.1, 0.15) is 0 Å². The molecule has 1 aliphatic rings. The topological polar surface area (TPSA) is 61.5 Å². The quantitative estimate of drug-likeness (QED) is 0.427. The number of rotatable bonds is 3. The maximum atomic E-state index is 5.70. The van der Waals surface area contributed by atoms with Crippen molar-refractivity contribution in [2.24, 2.45) is 0 Å². The van der Waals surface area contributed by atoms with Gasteiger partial charge in [0.15, 0.2) is 17.3 Å². The molecule has 0 atom stereocenters. The summed E-state index contributed by atoms with van der Waals surface area (Å²) in [5.74, 6) is 2.61. The average molecular weight is 406 g/mol. The summed E-state index contributed by atoms with van der Waals surface area (Å²) in [6.45, 7) is 1.11. The molecule has 6 nitrogen and oxygen atoms in total. The van der Waals surface area contributed by atoms with Crippen molar-refractivity contribution in [2.45, 2.75) is 0 Å². The zero-order chi connectivity index (χ0) is 20.6. The monoisotopic (exact) mass is 406 g/mol. The van der Waals surface area contributed by atoms with Gasteiger partial charge >= 0.3 is 0 Å². The van der Waals surface area contributed by atoms with Crippen LogP contribution in [-0.2, 0) is 0 Å². The molecule has 5 aromatic rings. The van der Waals surface area contributed by atoms with Crippen molar-refractivity contribution in [2.75, 3.05) is 13.2 Å². The Kier molecular flexibility index (Phi) is 4.13. The number of fused-ring (bicyclic) bond motifs is 2. The Bertz CT molecular complexity index is 1380. The van der Waals surface area contributed by atoms with E-state index in [4.69, 9.17) is 14.6 Å². The van der Waals surface area contributed by atoms with Crippen LogP contribution in [0.5, 0.6) is 11.5 Å². The highest BCUT2D eigenvalue weighted by Crippen LogP contribution is 2.34. The second-order valence-electron chi connectivity index (χ2n) is 7.28. The molecule has 0 fully saturated rings. The van der Waals surface area contributed by atoms with Crippen molar-refractivity contribution in [1.82, 2.24) is 19.6 Å². The van der Waals surface area contributed by atoms with Crippen LogP contribution in [0.2, 0.25) is 0 Å². The van der Waals surface area contributed by atoms with Gasteiger partial charge in [0.05, 0.1) is 5.69 Å². The maximum Gasteiger partial charge on any atom is 0.253 e. The van der Waals surface area contributed by atoms with Crippen molar-refractivity contribution in [3.05, 3.63) is 85.1 Å². The van der Waals surface area contributed by atoms with Gasteiger partial charge in [-0.1, -0.05) is 54.6 Å². The summed E-state index contributed by atoms with van der Waals surface area (Å²) in [7, 11) is 0. The number of nitrogens with zero attached hydrogens (tertiary/aromatic N) is 4. The van der Waals surface area contributed by atoms with E-state index in [0.717, 1.165) is 22.6 Å². The largest absolute Gasteiger partial charge is 0.486 e. The molecule has 1 aliphatic heterocycles. The smallest absolute Gasteiger partial charge is 0.253 e. The van der Waals surface area contributed by atoms with Crippen LogP contribution in [0.4, 0.5) is 0 Å². The predicted molar refractivity (Wildman–Crippen MR) is 118 cm³/mol. The van der Waals surface area contributed by atoms with E-state index in [9.17, 15) is 0 Å². The maximum absolute atomic E-state index is 5.70. The van der Waals surface area contributed by atoms with Crippen molar-refractivity contribution < 1.29 is 9.47 Å². The third-order valence-electron chi connectivity index (χ3n) is 5.33. The van der Waals surface area contributed by atoms with Gasteiger partial charge in [-0.05, 0) is 35.4 Å².